The molecule has 0 unspecified atom stereocenters. The molecule has 0 N–H and O–H groups in total. The van der Waals surface area contributed by atoms with Gasteiger partial charge in [-0.1, -0.05) is 25.5 Å². The number of aromatic nitrogens is 1. The van der Waals surface area contributed by atoms with Gasteiger partial charge in [-0.2, -0.15) is 5.26 Å². The van der Waals surface area contributed by atoms with Gasteiger partial charge in [0.15, 0.2) is 0 Å². The van der Waals surface area contributed by atoms with Crippen LogP contribution in [0, 0.1) is 17.2 Å². The summed E-state index contributed by atoms with van der Waals surface area (Å²) in [4.78, 5) is 4.84. The van der Waals surface area contributed by atoms with Crippen molar-refractivity contribution in [2.75, 3.05) is 0 Å². The van der Waals surface area contributed by atoms with Crippen molar-refractivity contribution in [3.63, 3.8) is 0 Å². The van der Waals surface area contributed by atoms with Crippen molar-refractivity contribution < 1.29 is 0 Å². The molecule has 1 aliphatic carbocycles. The molecule has 1 fully saturated rings. The van der Waals surface area contributed by atoms with Crippen LogP contribution in [0.3, 0.4) is 0 Å². The molecule has 0 saturated heterocycles. The molecular weight excluding hydrogens is 276 g/mol. The van der Waals surface area contributed by atoms with Crippen molar-refractivity contribution in [2.24, 2.45) is 5.92 Å². The van der Waals surface area contributed by atoms with Gasteiger partial charge in [0.05, 0.1) is 22.3 Å². The van der Waals surface area contributed by atoms with Gasteiger partial charge in [-0.15, -0.1) is 11.3 Å². The molecule has 21 heavy (non-hydrogen) atoms. The average Bonchev–Trinajstić information content (AvgIpc) is 3.05. The molecule has 0 aliphatic heterocycles. The number of nitriles is 1. The zero-order valence-electron chi connectivity index (χ0n) is 12.4. The first-order valence-electron chi connectivity index (χ1n) is 7.76. The second kappa shape index (κ2) is 6.41. The minimum atomic E-state index is 0.644. The van der Waals surface area contributed by atoms with Crippen LogP contribution in [0.1, 0.15) is 55.5 Å². The van der Waals surface area contributed by atoms with Gasteiger partial charge in [-0.25, -0.2) is 4.98 Å². The third-order valence-corrected chi connectivity index (χ3v) is 5.59. The first-order chi connectivity index (χ1) is 10.3. The van der Waals surface area contributed by atoms with Crippen LogP contribution in [0.15, 0.2) is 29.6 Å². The topological polar surface area (TPSA) is 36.7 Å². The Morgan fingerprint density at radius 2 is 2.10 bits per heavy atom. The molecule has 0 bridgehead atoms. The zero-order valence-corrected chi connectivity index (χ0v) is 13.2. The summed E-state index contributed by atoms with van der Waals surface area (Å²) < 4.78 is 0. The Kier molecular flexibility index (Phi) is 4.36. The van der Waals surface area contributed by atoms with E-state index in [1.165, 1.54) is 37.1 Å². The lowest BCUT2D eigenvalue weighted by atomic mass is 9.81. The normalized spacial score (nSPS) is 21.9. The largest absolute Gasteiger partial charge is 0.241 e. The molecule has 0 radical (unpaired) electrons. The second-order valence-electron chi connectivity index (χ2n) is 5.89. The maximum atomic E-state index is 9.00. The van der Waals surface area contributed by atoms with Gasteiger partial charge in [0.25, 0.3) is 0 Å². The van der Waals surface area contributed by atoms with E-state index in [9.17, 15) is 0 Å². The van der Waals surface area contributed by atoms with Crippen LogP contribution < -0.4 is 0 Å². The van der Waals surface area contributed by atoms with Gasteiger partial charge in [-0.05, 0) is 43.7 Å². The number of thiazole rings is 1. The molecule has 3 heteroatoms. The highest BCUT2D eigenvalue weighted by Gasteiger charge is 2.23. The lowest BCUT2D eigenvalue weighted by Gasteiger charge is -2.26. The van der Waals surface area contributed by atoms with Gasteiger partial charge >= 0.3 is 0 Å². The maximum Gasteiger partial charge on any atom is 0.0991 e. The molecule has 1 saturated carbocycles. The lowest BCUT2D eigenvalue weighted by Crippen LogP contribution is -2.12. The van der Waals surface area contributed by atoms with Crippen molar-refractivity contribution in [1.82, 2.24) is 4.98 Å². The fourth-order valence-corrected chi connectivity index (χ4v) is 4.17. The highest BCUT2D eigenvalue weighted by atomic mass is 32.1. The summed E-state index contributed by atoms with van der Waals surface area (Å²) in [7, 11) is 0. The zero-order chi connectivity index (χ0) is 14.7. The van der Waals surface area contributed by atoms with Crippen LogP contribution in [0.4, 0.5) is 0 Å². The Morgan fingerprint density at radius 1 is 1.29 bits per heavy atom. The van der Waals surface area contributed by atoms with Crippen molar-refractivity contribution in [1.29, 1.82) is 5.26 Å². The quantitative estimate of drug-likeness (QED) is 0.764. The molecule has 0 amide bonds. The fraction of sp³-hybridized carbons (Fsp3) is 0.444. The molecule has 1 aliphatic rings. The predicted molar refractivity (Wildman–Crippen MR) is 87.3 cm³/mol. The SMILES string of the molecule is CCC1CCC(c2nc(-c3cccc(C#N)c3)cs2)CC1. The monoisotopic (exact) mass is 296 g/mol. The minimum Gasteiger partial charge on any atom is -0.241 e. The van der Waals surface area contributed by atoms with Crippen molar-refractivity contribution in [3.8, 4) is 17.3 Å². The van der Waals surface area contributed by atoms with E-state index in [1.807, 2.05) is 24.3 Å². The highest BCUT2D eigenvalue weighted by molar-refractivity contribution is 7.10. The summed E-state index contributed by atoms with van der Waals surface area (Å²) in [6, 6.07) is 9.92. The Balaban J connectivity index is 1.76. The van der Waals surface area contributed by atoms with Crippen molar-refractivity contribution in [3.05, 3.63) is 40.2 Å². The highest BCUT2D eigenvalue weighted by Crippen LogP contribution is 2.39. The van der Waals surface area contributed by atoms with Crippen molar-refractivity contribution >= 4 is 11.3 Å². The molecule has 2 nitrogen and oxygen atoms in total. The van der Waals surface area contributed by atoms with Crippen LogP contribution in [-0.2, 0) is 0 Å². The van der Waals surface area contributed by atoms with Crippen LogP contribution in [0.5, 0.6) is 0 Å². The number of hydrogen-bond donors (Lipinski definition) is 0. The molecule has 1 heterocycles. The van der Waals surface area contributed by atoms with Crippen LogP contribution in [-0.4, -0.2) is 4.98 Å². The van der Waals surface area contributed by atoms with E-state index in [0.717, 1.165) is 17.2 Å². The predicted octanol–water partition coefficient (Wildman–Crippen LogP) is 5.37. The number of benzene rings is 1. The Hall–Kier alpha value is -1.66. The Bertz CT molecular complexity index is 645. The van der Waals surface area contributed by atoms with E-state index < -0.39 is 0 Å². The van der Waals surface area contributed by atoms with Gasteiger partial charge < -0.3 is 0 Å². The van der Waals surface area contributed by atoms with E-state index >= 15 is 0 Å². The van der Waals surface area contributed by atoms with E-state index in [2.05, 4.69) is 18.4 Å². The Labute approximate surface area is 130 Å². The summed E-state index contributed by atoms with van der Waals surface area (Å²) in [6.07, 6.45) is 6.57. The van der Waals surface area contributed by atoms with Gasteiger partial charge in [0, 0.05) is 16.9 Å². The number of rotatable bonds is 3. The first kappa shape index (κ1) is 14.3. The van der Waals surface area contributed by atoms with Crippen molar-refractivity contribution in [2.45, 2.75) is 44.9 Å². The van der Waals surface area contributed by atoms with Gasteiger partial charge in [0.1, 0.15) is 0 Å². The van der Waals surface area contributed by atoms with E-state index in [1.54, 1.807) is 11.3 Å². The summed E-state index contributed by atoms with van der Waals surface area (Å²) in [5.74, 6) is 1.57. The molecule has 108 valence electrons. The molecule has 0 spiro atoms. The lowest BCUT2D eigenvalue weighted by molar-refractivity contribution is 0.318. The molecule has 0 atom stereocenters. The van der Waals surface area contributed by atoms with Crippen LogP contribution in [0.2, 0.25) is 0 Å². The van der Waals surface area contributed by atoms with Gasteiger partial charge in [0.2, 0.25) is 0 Å². The second-order valence-corrected chi connectivity index (χ2v) is 6.78. The smallest absolute Gasteiger partial charge is 0.0991 e. The summed E-state index contributed by atoms with van der Waals surface area (Å²) in [6.45, 7) is 2.30. The van der Waals surface area contributed by atoms with E-state index in [4.69, 9.17) is 10.2 Å². The molecule has 2 aromatic rings. The summed E-state index contributed by atoms with van der Waals surface area (Å²) >= 11 is 1.78. The van der Waals surface area contributed by atoms with Crippen LogP contribution in [0.25, 0.3) is 11.3 Å². The minimum absolute atomic E-state index is 0.644. The summed E-state index contributed by atoms with van der Waals surface area (Å²) in [5, 5.41) is 12.4. The van der Waals surface area contributed by atoms with E-state index in [-0.39, 0.29) is 0 Å². The number of hydrogen-bond acceptors (Lipinski definition) is 3. The molecule has 1 aromatic carbocycles. The molecule has 3 rings (SSSR count). The number of nitrogens with zero attached hydrogens (tertiary/aromatic N) is 2. The first-order valence-corrected chi connectivity index (χ1v) is 8.64. The standard InChI is InChI=1S/C18H20N2S/c1-2-13-6-8-15(9-7-13)18-20-17(12-21-18)16-5-3-4-14(10-16)11-19/h3-5,10,12-13,15H,2,6-9H2,1H3. The Morgan fingerprint density at radius 3 is 2.81 bits per heavy atom. The maximum absolute atomic E-state index is 9.00. The van der Waals surface area contributed by atoms with Crippen LogP contribution >= 0.6 is 11.3 Å². The fourth-order valence-electron chi connectivity index (χ4n) is 3.17. The van der Waals surface area contributed by atoms with E-state index in [0.29, 0.717) is 11.5 Å². The van der Waals surface area contributed by atoms with Gasteiger partial charge in [-0.3, -0.25) is 0 Å². The third kappa shape index (κ3) is 3.16. The third-order valence-electron chi connectivity index (χ3n) is 4.58. The molecule has 1 aromatic heterocycles. The average molecular weight is 296 g/mol. The summed E-state index contributed by atoms with van der Waals surface area (Å²) in [5.41, 5.74) is 2.77. The molecular formula is C18H20N2S.